The van der Waals surface area contributed by atoms with E-state index in [9.17, 15) is 9.18 Å². The molecule has 0 spiro atoms. The molecule has 0 atom stereocenters. The molecular formula is C22H23FN2O2S. The van der Waals surface area contributed by atoms with Gasteiger partial charge in [0.05, 0.1) is 16.8 Å². The standard InChI is InChI=1S/C22H23FN2O2S/c1-3-5-6-13-27-18-9-7-8-16(14-18)21(26)24-22-25(12-4-2)19-11-10-17(23)15-20(19)28-22/h4,7-11,14-15H,2-3,5-6,12-13H2,1H3. The predicted molar refractivity (Wildman–Crippen MR) is 111 cm³/mol. The van der Waals surface area contributed by atoms with Crippen molar-refractivity contribution in [2.75, 3.05) is 6.61 Å². The summed E-state index contributed by atoms with van der Waals surface area (Å²) in [6.45, 7) is 7.01. The fourth-order valence-corrected chi connectivity index (χ4v) is 3.91. The zero-order valence-electron chi connectivity index (χ0n) is 15.9. The molecular weight excluding hydrogens is 375 g/mol. The zero-order valence-corrected chi connectivity index (χ0v) is 16.7. The van der Waals surface area contributed by atoms with Gasteiger partial charge in [0.1, 0.15) is 11.6 Å². The monoisotopic (exact) mass is 398 g/mol. The first-order valence-electron chi connectivity index (χ1n) is 9.34. The van der Waals surface area contributed by atoms with Gasteiger partial charge in [0.2, 0.25) is 0 Å². The van der Waals surface area contributed by atoms with Gasteiger partial charge >= 0.3 is 0 Å². The Labute approximate surface area is 167 Å². The molecule has 3 aromatic rings. The Bertz CT molecular complexity index is 1050. The molecule has 2 aromatic carbocycles. The second-order valence-electron chi connectivity index (χ2n) is 6.40. The smallest absolute Gasteiger partial charge is 0.279 e. The van der Waals surface area contributed by atoms with E-state index >= 15 is 0 Å². The topological polar surface area (TPSA) is 43.6 Å². The quantitative estimate of drug-likeness (QED) is 0.380. The molecule has 0 aliphatic rings. The molecule has 1 amide bonds. The number of benzene rings is 2. The Morgan fingerprint density at radius 2 is 2.14 bits per heavy atom. The highest BCUT2D eigenvalue weighted by Gasteiger charge is 2.10. The number of hydrogen-bond acceptors (Lipinski definition) is 3. The minimum atomic E-state index is -0.358. The lowest BCUT2D eigenvalue weighted by Gasteiger charge is -2.06. The number of carbonyl (C=O) groups is 1. The van der Waals surface area contributed by atoms with E-state index in [0.29, 0.717) is 29.3 Å². The fraction of sp³-hybridized carbons (Fsp3) is 0.273. The van der Waals surface area contributed by atoms with E-state index in [1.54, 1.807) is 30.3 Å². The molecule has 146 valence electrons. The number of hydrogen-bond donors (Lipinski definition) is 0. The first-order chi connectivity index (χ1) is 13.6. The molecule has 0 aliphatic carbocycles. The van der Waals surface area contributed by atoms with Crippen LogP contribution in [-0.2, 0) is 6.54 Å². The van der Waals surface area contributed by atoms with E-state index in [0.717, 1.165) is 29.5 Å². The lowest BCUT2D eigenvalue weighted by atomic mass is 10.2. The molecule has 3 rings (SSSR count). The molecule has 0 unspecified atom stereocenters. The third kappa shape index (κ3) is 4.75. The number of allylic oxidation sites excluding steroid dienone is 1. The molecule has 0 bridgehead atoms. The van der Waals surface area contributed by atoms with Crippen LogP contribution in [0.5, 0.6) is 5.75 Å². The van der Waals surface area contributed by atoms with Crippen LogP contribution in [0.25, 0.3) is 10.2 Å². The molecule has 0 saturated carbocycles. The summed E-state index contributed by atoms with van der Waals surface area (Å²) in [5.41, 5.74) is 1.28. The van der Waals surface area contributed by atoms with E-state index in [4.69, 9.17) is 4.74 Å². The minimum Gasteiger partial charge on any atom is -0.494 e. The van der Waals surface area contributed by atoms with Crippen LogP contribution in [0.3, 0.4) is 0 Å². The van der Waals surface area contributed by atoms with Crippen molar-refractivity contribution in [2.45, 2.75) is 32.7 Å². The van der Waals surface area contributed by atoms with Crippen molar-refractivity contribution in [3.8, 4) is 5.75 Å². The summed E-state index contributed by atoms with van der Waals surface area (Å²) in [7, 11) is 0. The normalized spacial score (nSPS) is 11.7. The van der Waals surface area contributed by atoms with Crippen LogP contribution >= 0.6 is 11.3 Å². The Kier molecular flexibility index (Phi) is 6.76. The van der Waals surface area contributed by atoms with Crippen LogP contribution < -0.4 is 9.54 Å². The summed E-state index contributed by atoms with van der Waals surface area (Å²) in [4.78, 5) is 17.5. The van der Waals surface area contributed by atoms with Gasteiger partial charge in [0, 0.05) is 12.1 Å². The number of aromatic nitrogens is 1. The van der Waals surface area contributed by atoms with Crippen molar-refractivity contribution >= 4 is 27.5 Å². The Morgan fingerprint density at radius 1 is 1.29 bits per heavy atom. The number of nitrogens with zero attached hydrogens (tertiary/aromatic N) is 2. The number of halogens is 1. The van der Waals surface area contributed by atoms with Gasteiger partial charge in [-0.25, -0.2) is 4.39 Å². The molecule has 28 heavy (non-hydrogen) atoms. The van der Waals surface area contributed by atoms with Gasteiger partial charge in [-0.1, -0.05) is 43.2 Å². The van der Waals surface area contributed by atoms with Gasteiger partial charge in [-0.15, -0.1) is 6.58 Å². The van der Waals surface area contributed by atoms with Gasteiger partial charge in [-0.05, 0) is 42.8 Å². The van der Waals surface area contributed by atoms with E-state index in [-0.39, 0.29) is 11.7 Å². The maximum atomic E-state index is 13.6. The van der Waals surface area contributed by atoms with Crippen LogP contribution in [0, 0.1) is 5.82 Å². The summed E-state index contributed by atoms with van der Waals surface area (Å²) >= 11 is 1.28. The second kappa shape index (κ2) is 9.46. The van der Waals surface area contributed by atoms with Gasteiger partial charge in [0.25, 0.3) is 5.91 Å². The summed E-state index contributed by atoms with van der Waals surface area (Å²) in [5.74, 6) is -0.0105. The third-order valence-corrected chi connectivity index (χ3v) is 5.29. The Morgan fingerprint density at radius 3 is 2.93 bits per heavy atom. The Balaban J connectivity index is 1.90. The molecule has 4 nitrogen and oxygen atoms in total. The number of unbranched alkanes of at least 4 members (excludes halogenated alkanes) is 2. The third-order valence-electron chi connectivity index (χ3n) is 4.25. The maximum Gasteiger partial charge on any atom is 0.279 e. The summed E-state index contributed by atoms with van der Waals surface area (Å²) in [6.07, 6.45) is 4.96. The van der Waals surface area contributed by atoms with Gasteiger partial charge in [-0.2, -0.15) is 4.99 Å². The van der Waals surface area contributed by atoms with Crippen molar-refractivity contribution in [1.29, 1.82) is 0 Å². The molecule has 1 aromatic heterocycles. The number of rotatable bonds is 8. The number of thiazole rings is 1. The largest absolute Gasteiger partial charge is 0.494 e. The summed E-state index contributed by atoms with van der Waals surface area (Å²) in [6, 6.07) is 11.6. The number of ether oxygens (including phenoxy) is 1. The average Bonchev–Trinajstić information content (AvgIpc) is 3.02. The fourth-order valence-electron chi connectivity index (χ4n) is 2.85. The lowest BCUT2D eigenvalue weighted by molar-refractivity contribution is 0.0997. The second-order valence-corrected chi connectivity index (χ2v) is 7.41. The molecule has 1 heterocycles. The van der Waals surface area contributed by atoms with Crippen LogP contribution in [0.15, 0.2) is 60.1 Å². The number of amides is 1. The van der Waals surface area contributed by atoms with Crippen molar-refractivity contribution < 1.29 is 13.9 Å². The van der Waals surface area contributed by atoms with Crippen LogP contribution in [0.4, 0.5) is 4.39 Å². The van der Waals surface area contributed by atoms with Crippen LogP contribution in [0.2, 0.25) is 0 Å². The molecule has 0 aliphatic heterocycles. The minimum absolute atomic E-state index is 0.315. The van der Waals surface area contributed by atoms with Crippen molar-refractivity contribution in [1.82, 2.24) is 4.57 Å². The Hall–Kier alpha value is -2.73. The molecule has 0 N–H and O–H groups in total. The summed E-state index contributed by atoms with van der Waals surface area (Å²) < 4.78 is 21.9. The van der Waals surface area contributed by atoms with Crippen LogP contribution in [-0.4, -0.2) is 17.1 Å². The molecule has 6 heteroatoms. The SMILES string of the molecule is C=CCn1c(=NC(=O)c2cccc(OCCCCC)c2)sc2cc(F)ccc21. The molecule has 0 fully saturated rings. The zero-order chi connectivity index (χ0) is 19.9. The van der Waals surface area contributed by atoms with E-state index in [1.165, 1.54) is 23.5 Å². The van der Waals surface area contributed by atoms with Gasteiger partial charge < -0.3 is 9.30 Å². The van der Waals surface area contributed by atoms with E-state index in [2.05, 4.69) is 18.5 Å². The van der Waals surface area contributed by atoms with Crippen molar-refractivity contribution in [3.05, 3.63) is 71.3 Å². The van der Waals surface area contributed by atoms with E-state index < -0.39 is 0 Å². The van der Waals surface area contributed by atoms with Gasteiger partial charge in [-0.3, -0.25) is 4.79 Å². The van der Waals surface area contributed by atoms with Gasteiger partial charge in [0.15, 0.2) is 4.80 Å². The maximum absolute atomic E-state index is 13.6. The highest BCUT2D eigenvalue weighted by Crippen LogP contribution is 2.19. The van der Waals surface area contributed by atoms with Crippen LogP contribution in [0.1, 0.15) is 36.5 Å². The number of fused-ring (bicyclic) bond motifs is 1. The summed E-state index contributed by atoms with van der Waals surface area (Å²) in [5, 5.41) is 0. The highest BCUT2D eigenvalue weighted by molar-refractivity contribution is 7.16. The predicted octanol–water partition coefficient (Wildman–Crippen LogP) is 5.34. The first kappa shape index (κ1) is 20.0. The lowest BCUT2D eigenvalue weighted by Crippen LogP contribution is -2.16. The van der Waals surface area contributed by atoms with E-state index in [1.807, 2.05) is 10.6 Å². The van der Waals surface area contributed by atoms with Crippen molar-refractivity contribution in [3.63, 3.8) is 0 Å². The average molecular weight is 399 g/mol. The first-order valence-corrected chi connectivity index (χ1v) is 10.2. The molecule has 0 radical (unpaired) electrons. The highest BCUT2D eigenvalue weighted by atomic mass is 32.1. The molecule has 0 saturated heterocycles. The number of carbonyl (C=O) groups excluding carboxylic acids is 1. The van der Waals surface area contributed by atoms with Crippen molar-refractivity contribution in [2.24, 2.45) is 4.99 Å².